The topological polar surface area (TPSA) is 49.3 Å². The molecule has 0 fully saturated rings. The van der Waals surface area contributed by atoms with Crippen LogP contribution in [0, 0.1) is 5.92 Å². The number of nitrogens with one attached hydrogen (secondary N) is 1. The fraction of sp³-hybridized carbons (Fsp3) is 0.875. The van der Waals surface area contributed by atoms with Crippen molar-refractivity contribution in [3.8, 4) is 0 Å². The van der Waals surface area contributed by atoms with E-state index in [-0.39, 0.29) is 5.91 Å². The fourth-order valence-corrected chi connectivity index (χ4v) is 1.10. The molecule has 0 radical (unpaired) electrons. The van der Waals surface area contributed by atoms with Crippen LogP contribution in [-0.4, -0.2) is 29.0 Å². The Labute approximate surface area is 81.7 Å². The van der Waals surface area contributed by atoms with E-state index in [1.54, 1.807) is 0 Å². The zero-order valence-electron chi connectivity index (χ0n) is 7.51. The number of halogens is 1. The summed E-state index contributed by atoms with van der Waals surface area (Å²) in [5.41, 5.74) is 0. The highest BCUT2D eigenvalue weighted by molar-refractivity contribution is 9.09. The molecule has 1 unspecified atom stereocenters. The van der Waals surface area contributed by atoms with Crippen molar-refractivity contribution in [3.63, 3.8) is 0 Å². The highest BCUT2D eigenvalue weighted by atomic mass is 79.9. The number of amides is 1. The SMILES string of the molecule is CC(C)CC(O)CNC(=O)CBr. The summed E-state index contributed by atoms with van der Waals surface area (Å²) in [5.74, 6) is 0.374. The first-order valence-electron chi connectivity index (χ1n) is 4.07. The van der Waals surface area contributed by atoms with E-state index < -0.39 is 6.10 Å². The molecule has 0 aliphatic rings. The van der Waals surface area contributed by atoms with Gasteiger partial charge in [-0.3, -0.25) is 4.79 Å². The maximum atomic E-state index is 10.7. The third-order valence-electron chi connectivity index (χ3n) is 1.40. The molecule has 0 spiro atoms. The molecule has 0 aromatic heterocycles. The molecule has 0 heterocycles. The minimum atomic E-state index is -0.423. The third-order valence-corrected chi connectivity index (χ3v) is 1.91. The van der Waals surface area contributed by atoms with Gasteiger partial charge in [-0.2, -0.15) is 0 Å². The Bertz CT molecular complexity index is 139. The van der Waals surface area contributed by atoms with Crippen molar-refractivity contribution >= 4 is 21.8 Å². The number of rotatable bonds is 5. The lowest BCUT2D eigenvalue weighted by molar-refractivity contribution is -0.118. The predicted molar refractivity (Wildman–Crippen MR) is 52.3 cm³/mol. The highest BCUT2D eigenvalue weighted by Gasteiger charge is 2.07. The third kappa shape index (κ3) is 6.61. The molecule has 3 nitrogen and oxygen atoms in total. The Morgan fingerprint density at radius 2 is 2.17 bits per heavy atom. The van der Waals surface area contributed by atoms with Gasteiger partial charge in [-0.15, -0.1) is 0 Å². The number of aliphatic hydroxyl groups is 1. The van der Waals surface area contributed by atoms with Crippen LogP contribution in [0.4, 0.5) is 0 Å². The van der Waals surface area contributed by atoms with Crippen LogP contribution in [0.2, 0.25) is 0 Å². The first-order valence-corrected chi connectivity index (χ1v) is 5.19. The van der Waals surface area contributed by atoms with Crippen molar-refractivity contribution in [2.45, 2.75) is 26.4 Å². The number of hydrogen-bond donors (Lipinski definition) is 2. The summed E-state index contributed by atoms with van der Waals surface area (Å²) >= 11 is 3.02. The first-order chi connectivity index (χ1) is 5.56. The number of aliphatic hydroxyl groups excluding tert-OH is 1. The van der Waals surface area contributed by atoms with E-state index in [0.717, 1.165) is 6.42 Å². The monoisotopic (exact) mass is 237 g/mol. The van der Waals surface area contributed by atoms with E-state index in [2.05, 4.69) is 21.2 Å². The lowest BCUT2D eigenvalue weighted by Crippen LogP contribution is -2.33. The van der Waals surface area contributed by atoms with E-state index in [9.17, 15) is 9.90 Å². The van der Waals surface area contributed by atoms with Gasteiger partial charge in [-0.1, -0.05) is 29.8 Å². The predicted octanol–water partition coefficient (Wildman–Crippen LogP) is 0.905. The molecular formula is C8H16BrNO2. The second-order valence-corrected chi connectivity index (χ2v) is 3.78. The Morgan fingerprint density at radius 1 is 1.58 bits per heavy atom. The summed E-state index contributed by atoms with van der Waals surface area (Å²) in [4.78, 5) is 10.7. The van der Waals surface area contributed by atoms with Crippen molar-refractivity contribution in [3.05, 3.63) is 0 Å². The van der Waals surface area contributed by atoms with Gasteiger partial charge in [0.25, 0.3) is 0 Å². The van der Waals surface area contributed by atoms with Crippen LogP contribution in [0.3, 0.4) is 0 Å². The Morgan fingerprint density at radius 3 is 2.58 bits per heavy atom. The molecule has 12 heavy (non-hydrogen) atoms. The molecule has 1 atom stereocenters. The molecule has 2 N–H and O–H groups in total. The van der Waals surface area contributed by atoms with Gasteiger partial charge in [0, 0.05) is 6.54 Å². The van der Waals surface area contributed by atoms with Crippen LogP contribution in [0.25, 0.3) is 0 Å². The van der Waals surface area contributed by atoms with Gasteiger partial charge in [-0.25, -0.2) is 0 Å². The quantitative estimate of drug-likeness (QED) is 0.699. The molecule has 0 saturated carbocycles. The second-order valence-electron chi connectivity index (χ2n) is 3.22. The number of alkyl halides is 1. The van der Waals surface area contributed by atoms with Crippen molar-refractivity contribution < 1.29 is 9.90 Å². The lowest BCUT2D eigenvalue weighted by atomic mass is 10.1. The standard InChI is InChI=1S/C8H16BrNO2/c1-6(2)3-7(11)5-10-8(12)4-9/h6-7,11H,3-5H2,1-2H3,(H,10,12). The van der Waals surface area contributed by atoms with Crippen LogP contribution in [0.5, 0.6) is 0 Å². The van der Waals surface area contributed by atoms with Gasteiger partial charge in [0.15, 0.2) is 0 Å². The largest absolute Gasteiger partial charge is 0.391 e. The summed E-state index contributed by atoms with van der Waals surface area (Å²) in [6, 6.07) is 0. The van der Waals surface area contributed by atoms with E-state index in [0.29, 0.717) is 17.8 Å². The molecule has 72 valence electrons. The fourth-order valence-electron chi connectivity index (χ4n) is 0.906. The molecular weight excluding hydrogens is 222 g/mol. The Balaban J connectivity index is 3.43. The molecule has 0 aromatic rings. The maximum absolute atomic E-state index is 10.7. The normalized spacial score (nSPS) is 13.1. The van der Waals surface area contributed by atoms with Crippen LogP contribution in [0.1, 0.15) is 20.3 Å². The highest BCUT2D eigenvalue weighted by Crippen LogP contribution is 2.02. The van der Waals surface area contributed by atoms with Gasteiger partial charge < -0.3 is 10.4 Å². The zero-order chi connectivity index (χ0) is 9.56. The molecule has 0 rings (SSSR count). The van der Waals surface area contributed by atoms with Crippen molar-refractivity contribution in [2.24, 2.45) is 5.92 Å². The van der Waals surface area contributed by atoms with Crippen LogP contribution < -0.4 is 5.32 Å². The van der Waals surface area contributed by atoms with Crippen molar-refractivity contribution in [1.82, 2.24) is 5.32 Å². The summed E-state index contributed by atoms with van der Waals surface area (Å²) in [6.07, 6.45) is 0.302. The van der Waals surface area contributed by atoms with E-state index in [4.69, 9.17) is 0 Å². The minimum Gasteiger partial charge on any atom is -0.391 e. The van der Waals surface area contributed by atoms with Crippen LogP contribution >= 0.6 is 15.9 Å². The molecule has 4 heteroatoms. The Hall–Kier alpha value is -0.0900. The number of carbonyl (C=O) groups excluding carboxylic acids is 1. The summed E-state index contributed by atoms with van der Waals surface area (Å²) in [6.45, 7) is 4.42. The van der Waals surface area contributed by atoms with Gasteiger partial charge in [0.2, 0.25) is 5.91 Å². The molecule has 0 saturated heterocycles. The number of carbonyl (C=O) groups is 1. The molecule has 0 aliphatic heterocycles. The minimum absolute atomic E-state index is 0.0854. The van der Waals surface area contributed by atoms with Crippen molar-refractivity contribution in [2.75, 3.05) is 11.9 Å². The zero-order valence-corrected chi connectivity index (χ0v) is 9.10. The second kappa shape index (κ2) is 6.43. The lowest BCUT2D eigenvalue weighted by Gasteiger charge is -2.12. The van der Waals surface area contributed by atoms with E-state index in [1.807, 2.05) is 13.8 Å². The average Bonchev–Trinajstić information content (AvgIpc) is 1.99. The van der Waals surface area contributed by atoms with E-state index in [1.165, 1.54) is 0 Å². The van der Waals surface area contributed by atoms with Gasteiger partial charge in [-0.05, 0) is 12.3 Å². The van der Waals surface area contributed by atoms with Crippen LogP contribution in [-0.2, 0) is 4.79 Å². The first kappa shape index (κ1) is 11.9. The van der Waals surface area contributed by atoms with Gasteiger partial charge in [0.05, 0.1) is 11.4 Å². The number of hydrogen-bond acceptors (Lipinski definition) is 2. The molecule has 0 bridgehead atoms. The smallest absolute Gasteiger partial charge is 0.230 e. The summed E-state index contributed by atoms with van der Waals surface area (Å²) < 4.78 is 0. The Kier molecular flexibility index (Phi) is 6.38. The summed E-state index contributed by atoms with van der Waals surface area (Å²) in [5, 5.41) is 12.2. The van der Waals surface area contributed by atoms with E-state index >= 15 is 0 Å². The van der Waals surface area contributed by atoms with Gasteiger partial charge >= 0.3 is 0 Å². The molecule has 0 aromatic carbocycles. The maximum Gasteiger partial charge on any atom is 0.230 e. The average molecular weight is 238 g/mol. The summed E-state index contributed by atoms with van der Waals surface area (Å²) in [7, 11) is 0. The van der Waals surface area contributed by atoms with Gasteiger partial charge in [0.1, 0.15) is 0 Å². The molecule has 0 aliphatic carbocycles. The van der Waals surface area contributed by atoms with Crippen LogP contribution in [0.15, 0.2) is 0 Å². The molecule has 1 amide bonds. The van der Waals surface area contributed by atoms with Crippen molar-refractivity contribution in [1.29, 1.82) is 0 Å².